The predicted molar refractivity (Wildman–Crippen MR) is 75.1 cm³/mol. The van der Waals surface area contributed by atoms with Crippen LogP contribution in [0.3, 0.4) is 0 Å². The van der Waals surface area contributed by atoms with Gasteiger partial charge in [-0.05, 0) is 31.0 Å². The number of fused-ring (bicyclic) bond motifs is 1. The van der Waals surface area contributed by atoms with Crippen molar-refractivity contribution in [1.82, 2.24) is 10.3 Å². The van der Waals surface area contributed by atoms with Gasteiger partial charge in [0, 0.05) is 18.3 Å². The Balaban J connectivity index is 1.83. The molecule has 0 spiro atoms. The SMILES string of the molecule is O=C(COc1ccc([N+](=O)[O-])c2cccnc12)NC1CC1. The van der Waals surface area contributed by atoms with Crippen molar-refractivity contribution in [3.8, 4) is 5.75 Å². The van der Waals surface area contributed by atoms with Crippen LogP contribution in [0.5, 0.6) is 5.75 Å². The van der Waals surface area contributed by atoms with E-state index < -0.39 is 4.92 Å². The lowest BCUT2D eigenvalue weighted by Gasteiger charge is -2.09. The van der Waals surface area contributed by atoms with Gasteiger partial charge in [-0.15, -0.1) is 0 Å². The molecule has 0 radical (unpaired) electrons. The molecule has 1 aliphatic rings. The average molecular weight is 287 g/mol. The zero-order valence-corrected chi connectivity index (χ0v) is 11.1. The van der Waals surface area contributed by atoms with Crippen LogP contribution >= 0.6 is 0 Å². The summed E-state index contributed by atoms with van der Waals surface area (Å²) < 4.78 is 5.45. The van der Waals surface area contributed by atoms with E-state index in [1.807, 2.05) is 0 Å². The van der Waals surface area contributed by atoms with E-state index in [-0.39, 0.29) is 24.2 Å². The summed E-state index contributed by atoms with van der Waals surface area (Å²) in [5, 5.41) is 14.2. The van der Waals surface area contributed by atoms with Crippen molar-refractivity contribution < 1.29 is 14.5 Å². The van der Waals surface area contributed by atoms with Gasteiger partial charge in [-0.25, -0.2) is 0 Å². The Kier molecular flexibility index (Phi) is 3.39. The van der Waals surface area contributed by atoms with Gasteiger partial charge in [-0.2, -0.15) is 0 Å². The van der Waals surface area contributed by atoms with Crippen molar-refractivity contribution in [2.45, 2.75) is 18.9 Å². The maximum Gasteiger partial charge on any atom is 0.279 e. The van der Waals surface area contributed by atoms with Gasteiger partial charge >= 0.3 is 0 Å². The molecule has 1 N–H and O–H groups in total. The number of rotatable bonds is 5. The summed E-state index contributed by atoms with van der Waals surface area (Å²) in [6.07, 6.45) is 3.55. The normalized spacial score (nSPS) is 13.9. The maximum atomic E-state index is 11.6. The Bertz CT molecular complexity index is 712. The molecular weight excluding hydrogens is 274 g/mol. The summed E-state index contributed by atoms with van der Waals surface area (Å²) in [5.74, 6) is 0.169. The number of ether oxygens (including phenoxy) is 1. The molecule has 0 saturated heterocycles. The van der Waals surface area contributed by atoms with E-state index in [9.17, 15) is 14.9 Å². The summed E-state index contributed by atoms with van der Waals surface area (Å²) in [6, 6.07) is 6.33. The Labute approximate surface area is 120 Å². The number of nitrogens with one attached hydrogen (secondary N) is 1. The molecule has 1 saturated carbocycles. The van der Waals surface area contributed by atoms with Crippen LogP contribution in [0.1, 0.15) is 12.8 Å². The van der Waals surface area contributed by atoms with Crippen LogP contribution in [-0.4, -0.2) is 28.5 Å². The lowest BCUT2D eigenvalue weighted by molar-refractivity contribution is -0.383. The molecule has 0 aliphatic heterocycles. The highest BCUT2D eigenvalue weighted by Crippen LogP contribution is 2.31. The van der Waals surface area contributed by atoms with E-state index in [2.05, 4.69) is 10.3 Å². The van der Waals surface area contributed by atoms with Crippen LogP contribution < -0.4 is 10.1 Å². The highest BCUT2D eigenvalue weighted by molar-refractivity contribution is 5.92. The first kappa shape index (κ1) is 13.3. The minimum Gasteiger partial charge on any atom is -0.481 e. The third-order valence-electron chi connectivity index (χ3n) is 3.21. The quantitative estimate of drug-likeness (QED) is 0.668. The van der Waals surface area contributed by atoms with Crippen LogP contribution in [0, 0.1) is 10.1 Å². The van der Waals surface area contributed by atoms with Gasteiger partial charge in [0.1, 0.15) is 11.3 Å². The van der Waals surface area contributed by atoms with Gasteiger partial charge in [0.2, 0.25) is 0 Å². The Morgan fingerprint density at radius 2 is 2.24 bits per heavy atom. The van der Waals surface area contributed by atoms with Gasteiger partial charge in [0.05, 0.1) is 10.3 Å². The molecule has 3 rings (SSSR count). The summed E-state index contributed by atoms with van der Waals surface area (Å²) >= 11 is 0. The molecule has 0 unspecified atom stereocenters. The van der Waals surface area contributed by atoms with Crippen molar-refractivity contribution in [2.75, 3.05) is 6.61 Å². The third-order valence-corrected chi connectivity index (χ3v) is 3.21. The van der Waals surface area contributed by atoms with Gasteiger partial charge in [0.15, 0.2) is 6.61 Å². The Morgan fingerprint density at radius 1 is 1.43 bits per heavy atom. The fraction of sp³-hybridized carbons (Fsp3) is 0.286. The second kappa shape index (κ2) is 5.35. The number of carbonyl (C=O) groups is 1. The number of hydrogen-bond acceptors (Lipinski definition) is 5. The molecule has 108 valence electrons. The lowest BCUT2D eigenvalue weighted by Crippen LogP contribution is -2.30. The molecule has 2 aromatic rings. The van der Waals surface area contributed by atoms with Crippen LogP contribution in [0.2, 0.25) is 0 Å². The lowest BCUT2D eigenvalue weighted by atomic mass is 10.1. The molecule has 1 fully saturated rings. The first-order chi connectivity index (χ1) is 10.1. The highest BCUT2D eigenvalue weighted by Gasteiger charge is 2.23. The van der Waals surface area contributed by atoms with Gasteiger partial charge < -0.3 is 10.1 Å². The molecule has 0 bridgehead atoms. The van der Waals surface area contributed by atoms with Gasteiger partial charge in [-0.1, -0.05) is 0 Å². The summed E-state index contributed by atoms with van der Waals surface area (Å²) in [7, 11) is 0. The van der Waals surface area contributed by atoms with Crippen LogP contribution in [0.15, 0.2) is 30.5 Å². The van der Waals surface area contributed by atoms with E-state index in [0.717, 1.165) is 12.8 Å². The minimum absolute atomic E-state index is 0.0344. The number of aromatic nitrogens is 1. The van der Waals surface area contributed by atoms with E-state index >= 15 is 0 Å². The number of carbonyl (C=O) groups excluding carboxylic acids is 1. The molecule has 1 aromatic heterocycles. The Morgan fingerprint density at radius 3 is 2.95 bits per heavy atom. The third kappa shape index (κ3) is 2.91. The number of amides is 1. The number of nitro groups is 1. The minimum atomic E-state index is -0.465. The van der Waals surface area contributed by atoms with E-state index in [1.54, 1.807) is 12.1 Å². The summed E-state index contributed by atoms with van der Waals surface area (Å²) in [5.41, 5.74) is 0.346. The molecule has 7 nitrogen and oxygen atoms in total. The smallest absolute Gasteiger partial charge is 0.279 e. The van der Waals surface area contributed by atoms with E-state index in [1.165, 1.54) is 18.3 Å². The summed E-state index contributed by atoms with van der Waals surface area (Å²) in [4.78, 5) is 26.3. The molecule has 1 heterocycles. The van der Waals surface area contributed by atoms with Crippen LogP contribution in [0.25, 0.3) is 10.9 Å². The second-order valence-corrected chi connectivity index (χ2v) is 4.87. The summed E-state index contributed by atoms with van der Waals surface area (Å²) in [6.45, 7) is -0.125. The first-order valence-electron chi connectivity index (χ1n) is 6.59. The fourth-order valence-electron chi connectivity index (χ4n) is 2.05. The largest absolute Gasteiger partial charge is 0.481 e. The molecule has 1 aromatic carbocycles. The highest BCUT2D eigenvalue weighted by atomic mass is 16.6. The molecule has 1 aliphatic carbocycles. The number of nitrogens with zero attached hydrogens (tertiary/aromatic N) is 2. The number of benzene rings is 1. The zero-order valence-electron chi connectivity index (χ0n) is 11.1. The number of non-ortho nitro benzene ring substituents is 1. The van der Waals surface area contributed by atoms with E-state index in [0.29, 0.717) is 16.7 Å². The molecule has 21 heavy (non-hydrogen) atoms. The standard InChI is InChI=1S/C14H13N3O4/c18-13(16-9-3-4-9)8-21-12-6-5-11(17(19)20)10-2-1-7-15-14(10)12/h1-2,5-7,9H,3-4,8H2,(H,16,18). The molecule has 7 heteroatoms. The molecule has 0 atom stereocenters. The van der Waals surface area contributed by atoms with Crippen molar-refractivity contribution in [2.24, 2.45) is 0 Å². The first-order valence-corrected chi connectivity index (χ1v) is 6.59. The van der Waals surface area contributed by atoms with Crippen molar-refractivity contribution in [3.63, 3.8) is 0 Å². The zero-order chi connectivity index (χ0) is 14.8. The van der Waals surface area contributed by atoms with Crippen molar-refractivity contribution in [3.05, 3.63) is 40.6 Å². The average Bonchev–Trinajstić information content (AvgIpc) is 3.28. The van der Waals surface area contributed by atoms with Gasteiger partial charge in [-0.3, -0.25) is 19.9 Å². The number of nitro benzene ring substituents is 1. The molecular formula is C14H13N3O4. The van der Waals surface area contributed by atoms with E-state index in [4.69, 9.17) is 4.74 Å². The van der Waals surface area contributed by atoms with Crippen LogP contribution in [0.4, 0.5) is 5.69 Å². The maximum absolute atomic E-state index is 11.6. The number of pyridine rings is 1. The van der Waals surface area contributed by atoms with Gasteiger partial charge in [0.25, 0.3) is 11.6 Å². The monoisotopic (exact) mass is 287 g/mol. The molecule has 1 amide bonds. The topological polar surface area (TPSA) is 94.4 Å². The second-order valence-electron chi connectivity index (χ2n) is 4.87. The fourth-order valence-corrected chi connectivity index (χ4v) is 2.05. The number of hydrogen-bond donors (Lipinski definition) is 1. The predicted octanol–water partition coefficient (Wildman–Crippen LogP) is 1.80. The van der Waals surface area contributed by atoms with Crippen molar-refractivity contribution >= 4 is 22.5 Å². The Hall–Kier alpha value is -2.70. The van der Waals surface area contributed by atoms with Crippen LogP contribution in [-0.2, 0) is 4.79 Å². The van der Waals surface area contributed by atoms with Crippen molar-refractivity contribution in [1.29, 1.82) is 0 Å².